The van der Waals surface area contributed by atoms with Crippen LogP contribution in [0.15, 0.2) is 0 Å². The van der Waals surface area contributed by atoms with E-state index >= 15 is 0 Å². The SMILES string of the molecule is CC[C@H]1OC(=O)[C@H](C)C[C@H](C)C(C)(C)[C@](C)(O)C[C@@H](C)CN(C)[C@H](C)[C@@H](O)[C@]1(C)O. The fourth-order valence-corrected chi connectivity index (χ4v) is 4.91. The third kappa shape index (κ3) is 5.76. The summed E-state index contributed by atoms with van der Waals surface area (Å²) in [5.74, 6) is -0.491. The molecular weight excluding hydrogens is 382 g/mol. The minimum atomic E-state index is -1.57. The van der Waals surface area contributed by atoms with Crippen molar-refractivity contribution in [1.29, 1.82) is 0 Å². The van der Waals surface area contributed by atoms with Gasteiger partial charge in [-0.25, -0.2) is 0 Å². The first-order valence-electron chi connectivity index (χ1n) is 11.5. The molecule has 1 aliphatic heterocycles. The molecule has 30 heavy (non-hydrogen) atoms. The number of aliphatic hydroxyl groups is 3. The van der Waals surface area contributed by atoms with Crippen LogP contribution in [0.3, 0.4) is 0 Å². The van der Waals surface area contributed by atoms with E-state index in [4.69, 9.17) is 4.74 Å². The standard InChI is InChI=1S/C24H47NO5/c1-11-19-24(9,29)20(26)18(5)25(10)14-15(2)13-23(8,28)22(6,7)17(4)12-16(3)21(27)30-19/h15-20,26,28-29H,11-14H2,1-10H3/t15-,16-,17+,18-,19-,20-,23-,24-/m1/s1. The van der Waals surface area contributed by atoms with E-state index < -0.39 is 28.8 Å². The highest BCUT2D eigenvalue weighted by Gasteiger charge is 2.47. The number of cyclic esters (lactones) is 1. The van der Waals surface area contributed by atoms with Gasteiger partial charge in [-0.2, -0.15) is 0 Å². The molecule has 0 unspecified atom stereocenters. The summed E-state index contributed by atoms with van der Waals surface area (Å²) < 4.78 is 5.72. The average Bonchev–Trinajstić information content (AvgIpc) is 2.62. The zero-order chi connectivity index (χ0) is 23.7. The molecular formula is C24H47NO5. The van der Waals surface area contributed by atoms with Gasteiger partial charge in [-0.1, -0.05) is 41.5 Å². The fraction of sp³-hybridized carbons (Fsp3) is 0.958. The Labute approximate surface area is 184 Å². The van der Waals surface area contributed by atoms with E-state index in [1.807, 2.05) is 39.6 Å². The molecule has 1 aliphatic rings. The van der Waals surface area contributed by atoms with Crippen LogP contribution in [0.2, 0.25) is 0 Å². The Morgan fingerprint density at radius 2 is 1.63 bits per heavy atom. The molecule has 0 aromatic carbocycles. The highest BCUT2D eigenvalue weighted by Crippen LogP contribution is 2.44. The van der Waals surface area contributed by atoms with Crippen LogP contribution in [0.5, 0.6) is 0 Å². The van der Waals surface area contributed by atoms with E-state index in [1.165, 1.54) is 0 Å². The molecule has 1 fully saturated rings. The van der Waals surface area contributed by atoms with Gasteiger partial charge in [-0.3, -0.25) is 4.79 Å². The summed E-state index contributed by atoms with van der Waals surface area (Å²) >= 11 is 0. The second-order valence-corrected chi connectivity index (χ2v) is 11.0. The molecule has 0 aromatic heterocycles. The molecule has 6 heteroatoms. The number of ether oxygens (including phenoxy) is 1. The lowest BCUT2D eigenvalue weighted by Gasteiger charge is -2.46. The maximum Gasteiger partial charge on any atom is 0.309 e. The smallest absolute Gasteiger partial charge is 0.309 e. The van der Waals surface area contributed by atoms with Gasteiger partial charge >= 0.3 is 5.97 Å². The number of aliphatic hydroxyl groups excluding tert-OH is 1. The summed E-state index contributed by atoms with van der Waals surface area (Å²) in [6.07, 6.45) is -0.306. The van der Waals surface area contributed by atoms with Crippen LogP contribution in [0, 0.1) is 23.2 Å². The van der Waals surface area contributed by atoms with Crippen LogP contribution < -0.4 is 0 Å². The molecule has 0 aliphatic carbocycles. The molecule has 0 aromatic rings. The Kier molecular flexibility index (Phi) is 8.97. The Bertz CT molecular complexity index is 574. The van der Waals surface area contributed by atoms with Crippen molar-refractivity contribution in [2.75, 3.05) is 13.6 Å². The van der Waals surface area contributed by atoms with Gasteiger partial charge in [0, 0.05) is 12.6 Å². The molecule has 0 amide bonds. The van der Waals surface area contributed by atoms with Crippen molar-refractivity contribution in [3.8, 4) is 0 Å². The highest BCUT2D eigenvalue weighted by molar-refractivity contribution is 5.72. The lowest BCUT2D eigenvalue weighted by atomic mass is 9.63. The minimum absolute atomic E-state index is 0.0789. The maximum absolute atomic E-state index is 12.8. The number of carbonyl (C=O) groups excluding carboxylic acids is 1. The van der Waals surface area contributed by atoms with Crippen molar-refractivity contribution in [3.05, 3.63) is 0 Å². The topological polar surface area (TPSA) is 90.2 Å². The Morgan fingerprint density at radius 3 is 2.13 bits per heavy atom. The van der Waals surface area contributed by atoms with Crippen LogP contribution in [0.1, 0.15) is 81.6 Å². The molecule has 178 valence electrons. The first-order chi connectivity index (χ1) is 13.5. The van der Waals surface area contributed by atoms with Crippen molar-refractivity contribution < 1.29 is 24.9 Å². The lowest BCUT2D eigenvalue weighted by molar-refractivity contribution is -0.189. The predicted molar refractivity (Wildman–Crippen MR) is 120 cm³/mol. The summed E-state index contributed by atoms with van der Waals surface area (Å²) in [5, 5.41) is 33.5. The molecule has 0 saturated carbocycles. The number of hydrogen-bond acceptors (Lipinski definition) is 6. The van der Waals surface area contributed by atoms with Crippen molar-refractivity contribution in [3.63, 3.8) is 0 Å². The van der Waals surface area contributed by atoms with Gasteiger partial charge < -0.3 is 25.0 Å². The molecule has 0 radical (unpaired) electrons. The molecule has 8 atom stereocenters. The highest BCUT2D eigenvalue weighted by atomic mass is 16.6. The van der Waals surface area contributed by atoms with Crippen LogP contribution in [0.25, 0.3) is 0 Å². The Hall–Kier alpha value is -0.690. The Morgan fingerprint density at radius 1 is 1.10 bits per heavy atom. The Balaban J connectivity index is 3.36. The van der Waals surface area contributed by atoms with Gasteiger partial charge in [0.15, 0.2) is 0 Å². The van der Waals surface area contributed by atoms with Gasteiger partial charge in [-0.05, 0) is 64.3 Å². The number of hydrogen-bond donors (Lipinski definition) is 3. The first-order valence-corrected chi connectivity index (χ1v) is 11.5. The van der Waals surface area contributed by atoms with Crippen LogP contribution in [-0.4, -0.2) is 69.2 Å². The molecule has 1 rings (SSSR count). The molecule has 6 nitrogen and oxygen atoms in total. The van der Waals surface area contributed by atoms with Crippen LogP contribution in [0.4, 0.5) is 0 Å². The number of esters is 1. The molecule has 3 N–H and O–H groups in total. The van der Waals surface area contributed by atoms with Gasteiger partial charge in [0.25, 0.3) is 0 Å². The molecule has 1 heterocycles. The van der Waals surface area contributed by atoms with Gasteiger partial charge in [0.1, 0.15) is 17.8 Å². The second-order valence-electron chi connectivity index (χ2n) is 11.0. The van der Waals surface area contributed by atoms with E-state index in [-0.39, 0.29) is 29.8 Å². The summed E-state index contributed by atoms with van der Waals surface area (Å²) in [5.41, 5.74) is -2.90. The molecule has 0 spiro atoms. The van der Waals surface area contributed by atoms with Crippen molar-refractivity contribution >= 4 is 5.97 Å². The number of carbonyl (C=O) groups is 1. The van der Waals surface area contributed by atoms with Crippen molar-refractivity contribution in [2.24, 2.45) is 23.2 Å². The molecule has 0 bridgehead atoms. The van der Waals surface area contributed by atoms with E-state index in [0.717, 1.165) is 0 Å². The number of likely N-dealkylation sites (N-methyl/N-ethyl adjacent to an activating group) is 1. The third-order valence-electron chi connectivity index (χ3n) is 8.11. The normalized spacial score (nSPS) is 45.3. The van der Waals surface area contributed by atoms with Gasteiger partial charge in [0.05, 0.1) is 11.5 Å². The predicted octanol–water partition coefficient (Wildman–Crippen LogP) is 3.22. The van der Waals surface area contributed by atoms with E-state index in [9.17, 15) is 20.1 Å². The monoisotopic (exact) mass is 429 g/mol. The molecule has 1 saturated heterocycles. The average molecular weight is 430 g/mol. The zero-order valence-corrected chi connectivity index (χ0v) is 20.9. The summed E-state index contributed by atoms with van der Waals surface area (Å²) in [6.45, 7) is 18.0. The van der Waals surface area contributed by atoms with Crippen LogP contribution >= 0.6 is 0 Å². The summed E-state index contributed by atoms with van der Waals surface area (Å²) in [7, 11) is 1.91. The largest absolute Gasteiger partial charge is 0.459 e. The van der Waals surface area contributed by atoms with Gasteiger partial charge in [0.2, 0.25) is 0 Å². The van der Waals surface area contributed by atoms with E-state index in [0.29, 0.717) is 25.8 Å². The maximum atomic E-state index is 12.8. The minimum Gasteiger partial charge on any atom is -0.459 e. The zero-order valence-electron chi connectivity index (χ0n) is 20.9. The lowest BCUT2D eigenvalue weighted by Crippen LogP contribution is -2.59. The fourth-order valence-electron chi connectivity index (χ4n) is 4.91. The van der Waals surface area contributed by atoms with Gasteiger partial charge in [-0.15, -0.1) is 0 Å². The van der Waals surface area contributed by atoms with Crippen molar-refractivity contribution in [1.82, 2.24) is 4.90 Å². The second kappa shape index (κ2) is 9.85. The third-order valence-corrected chi connectivity index (χ3v) is 8.11. The van der Waals surface area contributed by atoms with Crippen molar-refractivity contribution in [2.45, 2.75) is 111 Å². The first kappa shape index (κ1) is 27.3. The number of nitrogens with zero attached hydrogens (tertiary/aromatic N) is 1. The van der Waals surface area contributed by atoms with Crippen LogP contribution in [-0.2, 0) is 9.53 Å². The summed E-state index contributed by atoms with van der Waals surface area (Å²) in [6, 6.07) is -0.352. The quantitative estimate of drug-likeness (QED) is 0.555. The summed E-state index contributed by atoms with van der Waals surface area (Å²) in [4.78, 5) is 14.9. The van der Waals surface area contributed by atoms with E-state index in [2.05, 4.69) is 27.7 Å². The van der Waals surface area contributed by atoms with E-state index in [1.54, 1.807) is 6.92 Å². The number of rotatable bonds is 1.